The van der Waals surface area contributed by atoms with Crippen LogP contribution in [0.15, 0.2) is 41.0 Å². The zero-order valence-corrected chi connectivity index (χ0v) is 15.2. The molecule has 2 heterocycles. The monoisotopic (exact) mass is 395 g/mol. The molecule has 0 unspecified atom stereocenters. The molecular formula is C18H19F2N3O3S. The Morgan fingerprint density at radius 3 is 2.63 bits per heavy atom. The van der Waals surface area contributed by atoms with Crippen molar-refractivity contribution in [3.8, 4) is 0 Å². The number of nitrogens with zero attached hydrogens (tertiary/aromatic N) is 1. The molecule has 1 aliphatic rings. The highest BCUT2D eigenvalue weighted by Gasteiger charge is 2.26. The second kappa shape index (κ2) is 9.01. The maximum absolute atomic E-state index is 13.6. The Bertz CT molecular complexity index is 795. The Morgan fingerprint density at radius 2 is 1.96 bits per heavy atom. The molecule has 0 saturated carbocycles. The van der Waals surface area contributed by atoms with Crippen molar-refractivity contribution < 1.29 is 22.8 Å². The summed E-state index contributed by atoms with van der Waals surface area (Å²) in [4.78, 5) is 26.3. The molecule has 1 aliphatic heterocycles. The van der Waals surface area contributed by atoms with Gasteiger partial charge in [-0.05, 0) is 24.3 Å². The van der Waals surface area contributed by atoms with Gasteiger partial charge in [0.15, 0.2) is 0 Å². The average Bonchev–Trinajstić information content (AvgIpc) is 3.19. The Kier molecular flexibility index (Phi) is 6.46. The Labute approximate surface area is 159 Å². The van der Waals surface area contributed by atoms with Crippen LogP contribution >= 0.6 is 11.8 Å². The van der Waals surface area contributed by atoms with Crippen LogP contribution in [0.2, 0.25) is 0 Å². The Balaban J connectivity index is 1.60. The number of carbonyl (C=O) groups excluding carboxylic acids is 2. The van der Waals surface area contributed by atoms with E-state index in [1.54, 1.807) is 12.3 Å². The molecule has 144 valence electrons. The van der Waals surface area contributed by atoms with Crippen molar-refractivity contribution >= 4 is 29.3 Å². The molecule has 1 atom stereocenters. The van der Waals surface area contributed by atoms with Gasteiger partial charge in [-0.25, -0.2) is 8.78 Å². The fourth-order valence-corrected chi connectivity index (χ4v) is 3.75. The first-order chi connectivity index (χ1) is 13.0. The molecule has 6 nitrogen and oxygen atoms in total. The predicted molar refractivity (Wildman–Crippen MR) is 98.3 cm³/mol. The number of anilines is 1. The first kappa shape index (κ1) is 19.4. The molecule has 1 fully saturated rings. The van der Waals surface area contributed by atoms with Crippen LogP contribution in [0.4, 0.5) is 14.5 Å². The minimum Gasteiger partial charge on any atom is -0.468 e. The molecule has 27 heavy (non-hydrogen) atoms. The summed E-state index contributed by atoms with van der Waals surface area (Å²) < 4.78 is 32.0. The smallest absolute Gasteiger partial charge is 0.313 e. The van der Waals surface area contributed by atoms with E-state index < -0.39 is 23.4 Å². The third-order valence-electron chi connectivity index (χ3n) is 4.20. The number of halogens is 2. The molecule has 2 N–H and O–H groups in total. The fourth-order valence-electron chi connectivity index (χ4n) is 2.82. The molecule has 0 radical (unpaired) electrons. The van der Waals surface area contributed by atoms with Crippen molar-refractivity contribution in [2.45, 2.75) is 6.04 Å². The highest BCUT2D eigenvalue weighted by molar-refractivity contribution is 7.99. The average molecular weight is 395 g/mol. The Morgan fingerprint density at radius 1 is 1.19 bits per heavy atom. The first-order valence-corrected chi connectivity index (χ1v) is 9.59. The zero-order valence-electron chi connectivity index (χ0n) is 14.4. The molecule has 3 rings (SSSR count). The molecule has 0 spiro atoms. The predicted octanol–water partition coefficient (Wildman–Crippen LogP) is 2.40. The molecule has 2 aromatic rings. The van der Waals surface area contributed by atoms with E-state index in [2.05, 4.69) is 15.5 Å². The van der Waals surface area contributed by atoms with Crippen LogP contribution in [0.1, 0.15) is 11.8 Å². The van der Waals surface area contributed by atoms with Gasteiger partial charge < -0.3 is 15.1 Å². The van der Waals surface area contributed by atoms with Crippen LogP contribution in [-0.2, 0) is 9.59 Å². The summed E-state index contributed by atoms with van der Waals surface area (Å²) in [5.74, 6) is -0.974. The van der Waals surface area contributed by atoms with E-state index in [0.29, 0.717) is 11.8 Å². The van der Waals surface area contributed by atoms with Gasteiger partial charge in [-0.3, -0.25) is 14.5 Å². The molecule has 1 aromatic heterocycles. The summed E-state index contributed by atoms with van der Waals surface area (Å²) in [6.07, 6.45) is 1.56. The molecule has 0 aliphatic carbocycles. The van der Waals surface area contributed by atoms with E-state index in [0.717, 1.165) is 36.7 Å². The van der Waals surface area contributed by atoms with Crippen LogP contribution in [0.3, 0.4) is 0 Å². The highest BCUT2D eigenvalue weighted by Crippen LogP contribution is 2.24. The minimum atomic E-state index is -1.02. The summed E-state index contributed by atoms with van der Waals surface area (Å²) in [5, 5.41) is 4.71. The number of furan rings is 1. The quantitative estimate of drug-likeness (QED) is 0.761. The molecule has 0 bridgehead atoms. The van der Waals surface area contributed by atoms with Gasteiger partial charge in [0.1, 0.15) is 17.4 Å². The largest absolute Gasteiger partial charge is 0.468 e. The summed E-state index contributed by atoms with van der Waals surface area (Å²) in [5.41, 5.74) is -0.257. The molecule has 1 aromatic carbocycles. The normalized spacial score (nSPS) is 15.9. The van der Waals surface area contributed by atoms with Gasteiger partial charge in [-0.15, -0.1) is 0 Å². The highest BCUT2D eigenvalue weighted by atomic mass is 32.2. The van der Waals surface area contributed by atoms with Crippen LogP contribution in [0.5, 0.6) is 0 Å². The lowest BCUT2D eigenvalue weighted by molar-refractivity contribution is -0.136. The second-order valence-corrected chi connectivity index (χ2v) is 7.19. The van der Waals surface area contributed by atoms with Crippen molar-refractivity contribution in [2.75, 3.05) is 36.5 Å². The van der Waals surface area contributed by atoms with E-state index in [-0.39, 0.29) is 18.3 Å². The number of hydrogen-bond acceptors (Lipinski definition) is 5. The van der Waals surface area contributed by atoms with E-state index in [4.69, 9.17) is 4.42 Å². The molecular weight excluding hydrogens is 376 g/mol. The van der Waals surface area contributed by atoms with Crippen molar-refractivity contribution in [3.63, 3.8) is 0 Å². The maximum atomic E-state index is 13.6. The number of amides is 2. The van der Waals surface area contributed by atoms with Crippen molar-refractivity contribution in [1.82, 2.24) is 10.2 Å². The SMILES string of the molecule is O=C(NC[C@H](c1ccco1)N1CCSCC1)C(=O)Nc1ccc(F)cc1F. The summed E-state index contributed by atoms with van der Waals surface area (Å²) in [6.45, 7) is 1.87. The van der Waals surface area contributed by atoms with Crippen LogP contribution in [0.25, 0.3) is 0 Å². The molecule has 2 amide bonds. The number of thioether (sulfide) groups is 1. The lowest BCUT2D eigenvalue weighted by Gasteiger charge is -2.33. The third-order valence-corrected chi connectivity index (χ3v) is 5.14. The van der Waals surface area contributed by atoms with Crippen molar-refractivity contribution in [3.05, 3.63) is 54.0 Å². The van der Waals surface area contributed by atoms with Crippen molar-refractivity contribution in [2.24, 2.45) is 0 Å². The van der Waals surface area contributed by atoms with Gasteiger partial charge in [-0.1, -0.05) is 0 Å². The maximum Gasteiger partial charge on any atom is 0.313 e. The van der Waals surface area contributed by atoms with Gasteiger partial charge in [0, 0.05) is 37.2 Å². The van der Waals surface area contributed by atoms with Gasteiger partial charge in [-0.2, -0.15) is 11.8 Å². The van der Waals surface area contributed by atoms with Crippen molar-refractivity contribution in [1.29, 1.82) is 0 Å². The van der Waals surface area contributed by atoms with E-state index in [9.17, 15) is 18.4 Å². The minimum absolute atomic E-state index is 0.177. The third kappa shape index (κ3) is 5.08. The molecule has 1 saturated heterocycles. The number of benzene rings is 1. The van der Waals surface area contributed by atoms with Gasteiger partial charge >= 0.3 is 11.8 Å². The van der Waals surface area contributed by atoms with Gasteiger partial charge in [0.2, 0.25) is 0 Å². The number of nitrogens with one attached hydrogen (secondary N) is 2. The van der Waals surface area contributed by atoms with Crippen LogP contribution in [-0.4, -0.2) is 47.9 Å². The summed E-state index contributed by atoms with van der Waals surface area (Å²) in [7, 11) is 0. The topological polar surface area (TPSA) is 74.6 Å². The lowest BCUT2D eigenvalue weighted by Crippen LogP contribution is -2.44. The molecule has 9 heteroatoms. The standard InChI is InChI=1S/C18H19F2N3O3S/c19-12-3-4-14(13(20)10-12)22-18(25)17(24)21-11-15(16-2-1-7-26-16)23-5-8-27-9-6-23/h1-4,7,10,15H,5-6,8-9,11H2,(H,21,24)(H,22,25)/t15-/m1/s1. The first-order valence-electron chi connectivity index (χ1n) is 8.44. The second-order valence-electron chi connectivity index (χ2n) is 5.97. The number of carbonyl (C=O) groups is 2. The Hall–Kier alpha value is -2.39. The lowest BCUT2D eigenvalue weighted by atomic mass is 10.2. The van der Waals surface area contributed by atoms with Gasteiger partial charge in [0.25, 0.3) is 0 Å². The van der Waals surface area contributed by atoms with E-state index in [1.807, 2.05) is 17.8 Å². The fraction of sp³-hybridized carbons (Fsp3) is 0.333. The van der Waals surface area contributed by atoms with E-state index in [1.165, 1.54) is 0 Å². The number of rotatable bonds is 5. The zero-order chi connectivity index (χ0) is 19.2. The van der Waals surface area contributed by atoms with E-state index >= 15 is 0 Å². The number of hydrogen-bond donors (Lipinski definition) is 2. The van der Waals surface area contributed by atoms with Crippen LogP contribution in [0, 0.1) is 11.6 Å². The summed E-state index contributed by atoms with van der Waals surface area (Å²) >= 11 is 1.86. The summed E-state index contributed by atoms with van der Waals surface area (Å²) in [6, 6.07) is 6.10. The van der Waals surface area contributed by atoms with Crippen LogP contribution < -0.4 is 10.6 Å². The van der Waals surface area contributed by atoms with Gasteiger partial charge in [0.05, 0.1) is 18.0 Å².